The van der Waals surface area contributed by atoms with Gasteiger partial charge in [0.05, 0.1) is 5.75 Å². The molecule has 2 aliphatic rings. The summed E-state index contributed by atoms with van der Waals surface area (Å²) in [5.74, 6) is 1.92. The number of benzene rings is 1. The zero-order chi connectivity index (χ0) is 24.2. The van der Waals surface area contributed by atoms with Crippen LogP contribution in [0, 0.1) is 23.6 Å². The average Bonchev–Trinajstić information content (AvgIpc) is 3.52. The van der Waals surface area contributed by atoms with E-state index in [1.165, 1.54) is 43.5 Å². The summed E-state index contributed by atoms with van der Waals surface area (Å²) in [4.78, 5) is 24.1. The van der Waals surface area contributed by atoms with Crippen molar-refractivity contribution in [3.05, 3.63) is 35.9 Å². The van der Waals surface area contributed by atoms with Crippen LogP contribution in [0.4, 0.5) is 9.18 Å². The normalized spacial score (nSPS) is 22.1. The summed E-state index contributed by atoms with van der Waals surface area (Å²) in [7, 11) is 0. The fraction of sp³-hybridized carbons (Fsp3) is 0.583. The fourth-order valence-corrected chi connectivity index (χ4v) is 6.13. The highest BCUT2D eigenvalue weighted by molar-refractivity contribution is 7.99. The van der Waals surface area contributed by atoms with Gasteiger partial charge in [0.15, 0.2) is 22.5 Å². The molecule has 0 radical (unpaired) electrons. The average molecular weight is 490 g/mol. The number of halogens is 1. The number of rotatable bonds is 9. The molecule has 8 nitrogen and oxygen atoms in total. The van der Waals surface area contributed by atoms with Crippen molar-refractivity contribution in [3.63, 3.8) is 0 Å². The number of imide groups is 1. The molecule has 2 aromatic rings. The number of para-hydroxylation sites is 1. The smallest absolute Gasteiger partial charge is 0.321 e. The molecule has 3 amide bonds. The lowest BCUT2D eigenvalue weighted by atomic mass is 9.84. The van der Waals surface area contributed by atoms with Gasteiger partial charge in [0.25, 0.3) is 0 Å². The van der Waals surface area contributed by atoms with Crippen molar-refractivity contribution in [3.8, 4) is 5.75 Å². The number of hydrogen-bond acceptors (Lipinski definition) is 6. The summed E-state index contributed by atoms with van der Waals surface area (Å²) < 4.78 is 21.8. The Morgan fingerprint density at radius 2 is 2.00 bits per heavy atom. The van der Waals surface area contributed by atoms with Crippen molar-refractivity contribution in [2.75, 3.05) is 5.75 Å². The van der Waals surface area contributed by atoms with Crippen LogP contribution in [-0.4, -0.2) is 38.5 Å². The second-order valence-electron chi connectivity index (χ2n) is 9.53. The van der Waals surface area contributed by atoms with Crippen molar-refractivity contribution in [2.45, 2.75) is 70.3 Å². The summed E-state index contributed by atoms with van der Waals surface area (Å²) >= 11 is 1.24. The Kier molecular flexibility index (Phi) is 7.75. The van der Waals surface area contributed by atoms with E-state index in [4.69, 9.17) is 4.74 Å². The van der Waals surface area contributed by atoms with E-state index in [0.29, 0.717) is 22.8 Å². The van der Waals surface area contributed by atoms with E-state index in [2.05, 4.69) is 27.8 Å². The van der Waals surface area contributed by atoms with E-state index in [-0.39, 0.29) is 30.2 Å². The quantitative estimate of drug-likeness (QED) is 0.509. The van der Waals surface area contributed by atoms with Crippen LogP contribution >= 0.6 is 11.8 Å². The highest BCUT2D eigenvalue weighted by atomic mass is 32.2. The number of ether oxygens (including phenoxy) is 1. The molecule has 4 rings (SSSR count). The van der Waals surface area contributed by atoms with E-state index >= 15 is 0 Å². The first kappa shape index (κ1) is 24.5. The second kappa shape index (κ2) is 10.8. The Labute approximate surface area is 203 Å². The lowest BCUT2D eigenvalue weighted by molar-refractivity contribution is -0.117. The van der Waals surface area contributed by atoms with Crippen LogP contribution in [0.2, 0.25) is 0 Å². The number of carbonyl (C=O) groups is 2. The molecule has 0 unspecified atom stereocenters. The Hall–Kier alpha value is -2.62. The molecule has 184 valence electrons. The minimum absolute atomic E-state index is 0.0290. The summed E-state index contributed by atoms with van der Waals surface area (Å²) in [6, 6.07) is 5.81. The fourth-order valence-electron chi connectivity index (χ4n) is 5.28. The van der Waals surface area contributed by atoms with E-state index in [1.54, 1.807) is 18.2 Å². The van der Waals surface area contributed by atoms with Crippen LogP contribution in [0.1, 0.15) is 58.3 Å². The van der Waals surface area contributed by atoms with E-state index < -0.39 is 17.8 Å². The maximum atomic E-state index is 14.0. The lowest BCUT2D eigenvalue weighted by Crippen LogP contribution is -2.43. The molecule has 2 bridgehead atoms. The molecule has 1 heterocycles. The van der Waals surface area contributed by atoms with Gasteiger partial charge in [0.1, 0.15) is 6.61 Å². The second-order valence-corrected chi connectivity index (χ2v) is 10.5. The number of fused-ring (bicyclic) bond motifs is 2. The van der Waals surface area contributed by atoms with Gasteiger partial charge >= 0.3 is 6.03 Å². The number of thioether (sulfide) groups is 1. The number of hydrogen-bond donors (Lipinski definition) is 2. The topological polar surface area (TPSA) is 98.1 Å². The summed E-state index contributed by atoms with van der Waals surface area (Å²) in [6.45, 7) is 5.89. The zero-order valence-corrected chi connectivity index (χ0v) is 20.6. The summed E-state index contributed by atoms with van der Waals surface area (Å²) in [5.41, 5.74) is 0. The van der Waals surface area contributed by atoms with E-state index in [0.717, 1.165) is 5.92 Å². The Bertz CT molecular complexity index is 1030. The maximum absolute atomic E-state index is 14.0. The highest BCUT2D eigenvalue weighted by Gasteiger charge is 2.43. The monoisotopic (exact) mass is 489 g/mol. The van der Waals surface area contributed by atoms with Gasteiger partial charge in [-0.2, -0.15) is 0 Å². The number of amides is 3. The SMILES string of the molecule is CC(C)NC(=O)NC(=O)CSc1nnc(COc2ccccc2F)n1[C@@H](C)[C@@H]1C[C@H]2CC[C@H]1C2. The van der Waals surface area contributed by atoms with Gasteiger partial charge < -0.3 is 10.1 Å². The Morgan fingerprint density at radius 3 is 2.68 bits per heavy atom. The molecule has 1 aromatic heterocycles. The molecule has 10 heteroatoms. The van der Waals surface area contributed by atoms with E-state index in [1.807, 2.05) is 18.4 Å². The molecule has 2 fully saturated rings. The van der Waals surface area contributed by atoms with Crippen LogP contribution in [0.25, 0.3) is 0 Å². The maximum Gasteiger partial charge on any atom is 0.321 e. The third-order valence-corrected chi connectivity index (χ3v) is 7.70. The molecule has 0 aliphatic heterocycles. The molecule has 2 N–H and O–H groups in total. The molecule has 1 aromatic carbocycles. The Morgan fingerprint density at radius 1 is 1.21 bits per heavy atom. The van der Waals surface area contributed by atoms with Crippen LogP contribution in [0.3, 0.4) is 0 Å². The van der Waals surface area contributed by atoms with Gasteiger partial charge in [0.2, 0.25) is 5.91 Å². The van der Waals surface area contributed by atoms with Crippen LogP contribution in [0.15, 0.2) is 29.4 Å². The van der Waals surface area contributed by atoms with Gasteiger partial charge in [-0.05, 0) is 69.9 Å². The molecule has 2 saturated carbocycles. The predicted molar refractivity (Wildman–Crippen MR) is 127 cm³/mol. The predicted octanol–water partition coefficient (Wildman–Crippen LogP) is 4.32. The number of carbonyl (C=O) groups excluding carboxylic acids is 2. The van der Waals surface area contributed by atoms with Gasteiger partial charge in [-0.25, -0.2) is 9.18 Å². The molecule has 0 saturated heterocycles. The summed E-state index contributed by atoms with van der Waals surface area (Å²) in [6.07, 6.45) is 5.00. The third kappa shape index (κ3) is 5.71. The van der Waals surface area contributed by atoms with Gasteiger partial charge in [0, 0.05) is 12.1 Å². The number of nitrogens with zero attached hydrogens (tertiary/aromatic N) is 3. The van der Waals surface area contributed by atoms with Crippen LogP contribution in [-0.2, 0) is 11.4 Å². The highest BCUT2D eigenvalue weighted by Crippen LogP contribution is 2.52. The van der Waals surface area contributed by atoms with Crippen LogP contribution in [0.5, 0.6) is 5.75 Å². The molecule has 4 atom stereocenters. The summed E-state index contributed by atoms with van der Waals surface area (Å²) in [5, 5.41) is 14.2. The van der Waals surface area contributed by atoms with Gasteiger partial charge in [-0.15, -0.1) is 10.2 Å². The van der Waals surface area contributed by atoms with Crippen molar-refractivity contribution in [2.24, 2.45) is 17.8 Å². The first-order chi connectivity index (χ1) is 16.3. The third-order valence-electron chi connectivity index (χ3n) is 6.75. The first-order valence-electron chi connectivity index (χ1n) is 11.9. The van der Waals surface area contributed by atoms with Crippen molar-refractivity contribution >= 4 is 23.7 Å². The molecular weight excluding hydrogens is 457 g/mol. The number of nitrogens with one attached hydrogen (secondary N) is 2. The standard InChI is InChI=1S/C24H32FN5O3S/c1-14(2)26-23(32)27-22(31)13-34-24-29-28-21(12-33-20-7-5-4-6-19(20)25)30(24)15(3)18-11-16-8-9-17(18)10-16/h4-7,14-18H,8-13H2,1-3H3,(H2,26,27,31,32)/t15-,16-,17-,18-/m0/s1. The van der Waals surface area contributed by atoms with Gasteiger partial charge in [-0.1, -0.05) is 30.3 Å². The van der Waals surface area contributed by atoms with Gasteiger partial charge in [-0.3, -0.25) is 14.7 Å². The largest absolute Gasteiger partial charge is 0.483 e. The van der Waals surface area contributed by atoms with Crippen molar-refractivity contribution < 1.29 is 18.7 Å². The van der Waals surface area contributed by atoms with Crippen molar-refractivity contribution in [1.29, 1.82) is 0 Å². The number of aromatic nitrogens is 3. The minimum atomic E-state index is -0.517. The minimum Gasteiger partial charge on any atom is -0.483 e. The lowest BCUT2D eigenvalue weighted by Gasteiger charge is -2.30. The number of urea groups is 1. The van der Waals surface area contributed by atoms with Crippen LogP contribution < -0.4 is 15.4 Å². The molecule has 0 spiro atoms. The zero-order valence-electron chi connectivity index (χ0n) is 19.8. The molecule has 34 heavy (non-hydrogen) atoms. The molecule has 2 aliphatic carbocycles. The Balaban J connectivity index is 1.48. The van der Waals surface area contributed by atoms with E-state index in [9.17, 15) is 14.0 Å². The van der Waals surface area contributed by atoms with Crippen molar-refractivity contribution in [1.82, 2.24) is 25.4 Å². The molecular formula is C24H32FN5O3S. The first-order valence-corrected chi connectivity index (χ1v) is 12.8.